The van der Waals surface area contributed by atoms with Gasteiger partial charge in [0.15, 0.2) is 5.69 Å². The van der Waals surface area contributed by atoms with Crippen LogP contribution in [0, 0.1) is 5.92 Å². The normalized spacial score (nSPS) is 19.2. The van der Waals surface area contributed by atoms with Gasteiger partial charge in [-0.2, -0.15) is 13.2 Å². The van der Waals surface area contributed by atoms with Gasteiger partial charge in [0.05, 0.1) is 12.2 Å². The molecule has 3 nitrogen and oxygen atoms in total. The highest BCUT2D eigenvalue weighted by Gasteiger charge is 2.35. The van der Waals surface area contributed by atoms with E-state index in [1.165, 1.54) is 17.5 Å². The summed E-state index contributed by atoms with van der Waals surface area (Å²) >= 11 is 0. The standard InChI is InChI=1S/C9H12F3N3/c1-6(4-7-2-3-7)15-5-8(13-14-15)9(10,11)12/h5-7H,2-4H2,1H3. The predicted octanol–water partition coefficient (Wildman–Crippen LogP) is 2.66. The molecule has 1 heterocycles. The van der Waals surface area contributed by atoms with Crippen molar-refractivity contribution in [3.05, 3.63) is 11.9 Å². The maximum atomic E-state index is 12.2. The number of rotatable bonds is 3. The summed E-state index contributed by atoms with van der Waals surface area (Å²) in [6.45, 7) is 1.87. The summed E-state index contributed by atoms with van der Waals surface area (Å²) in [6.07, 6.45) is -0.151. The van der Waals surface area contributed by atoms with Gasteiger partial charge in [-0.25, -0.2) is 4.68 Å². The first-order chi connectivity index (χ1) is 6.97. The Bertz CT molecular complexity index is 341. The molecular weight excluding hydrogens is 207 g/mol. The highest BCUT2D eigenvalue weighted by molar-refractivity contribution is 4.98. The van der Waals surface area contributed by atoms with Gasteiger partial charge in [-0.15, -0.1) is 5.10 Å². The third-order valence-electron chi connectivity index (χ3n) is 2.62. The van der Waals surface area contributed by atoms with Crippen molar-refractivity contribution in [2.75, 3.05) is 0 Å². The molecule has 0 radical (unpaired) electrons. The second-order valence-corrected chi connectivity index (χ2v) is 4.11. The summed E-state index contributed by atoms with van der Waals surface area (Å²) in [7, 11) is 0. The molecule has 1 aromatic heterocycles. The van der Waals surface area contributed by atoms with Gasteiger partial charge in [-0.1, -0.05) is 18.1 Å². The van der Waals surface area contributed by atoms with Crippen molar-refractivity contribution in [3.8, 4) is 0 Å². The van der Waals surface area contributed by atoms with Crippen LogP contribution in [0.4, 0.5) is 13.2 Å². The van der Waals surface area contributed by atoms with Crippen LogP contribution in [0.3, 0.4) is 0 Å². The first-order valence-electron chi connectivity index (χ1n) is 4.96. The molecule has 1 saturated carbocycles. The highest BCUT2D eigenvalue weighted by atomic mass is 19.4. The van der Waals surface area contributed by atoms with Gasteiger partial charge in [0, 0.05) is 0 Å². The Labute approximate surface area is 85.3 Å². The first kappa shape index (κ1) is 10.4. The summed E-state index contributed by atoms with van der Waals surface area (Å²) < 4.78 is 38.0. The zero-order valence-corrected chi connectivity index (χ0v) is 8.33. The van der Waals surface area contributed by atoms with Crippen LogP contribution in [0.1, 0.15) is 37.9 Å². The minimum atomic E-state index is -4.39. The number of hydrogen-bond acceptors (Lipinski definition) is 2. The fraction of sp³-hybridized carbons (Fsp3) is 0.778. The maximum Gasteiger partial charge on any atom is 0.436 e. The molecule has 1 aliphatic carbocycles. The highest BCUT2D eigenvalue weighted by Crippen LogP contribution is 2.36. The van der Waals surface area contributed by atoms with E-state index in [9.17, 15) is 13.2 Å². The quantitative estimate of drug-likeness (QED) is 0.782. The zero-order valence-electron chi connectivity index (χ0n) is 8.33. The van der Waals surface area contributed by atoms with Crippen LogP contribution >= 0.6 is 0 Å². The van der Waals surface area contributed by atoms with Crippen LogP contribution in [-0.2, 0) is 6.18 Å². The van der Waals surface area contributed by atoms with E-state index < -0.39 is 11.9 Å². The molecule has 84 valence electrons. The lowest BCUT2D eigenvalue weighted by Crippen LogP contribution is -2.07. The van der Waals surface area contributed by atoms with Crippen molar-refractivity contribution in [1.29, 1.82) is 0 Å². The van der Waals surface area contributed by atoms with Gasteiger partial charge in [0.2, 0.25) is 0 Å². The van der Waals surface area contributed by atoms with Crippen molar-refractivity contribution in [2.24, 2.45) is 5.92 Å². The molecule has 1 aromatic rings. The molecule has 0 spiro atoms. The average Bonchev–Trinajstić information content (AvgIpc) is 2.80. The summed E-state index contributed by atoms with van der Waals surface area (Å²) in [5.74, 6) is 0.665. The third-order valence-corrected chi connectivity index (χ3v) is 2.62. The molecule has 0 aliphatic heterocycles. The molecule has 0 aromatic carbocycles. The molecule has 1 unspecified atom stereocenters. The van der Waals surface area contributed by atoms with Gasteiger partial charge in [-0.3, -0.25) is 0 Å². The van der Waals surface area contributed by atoms with Crippen LogP contribution < -0.4 is 0 Å². The molecule has 1 atom stereocenters. The molecule has 6 heteroatoms. The number of nitrogens with zero attached hydrogens (tertiary/aromatic N) is 3. The fourth-order valence-electron chi connectivity index (χ4n) is 1.57. The topological polar surface area (TPSA) is 30.7 Å². The van der Waals surface area contributed by atoms with Crippen molar-refractivity contribution < 1.29 is 13.2 Å². The van der Waals surface area contributed by atoms with Gasteiger partial charge in [-0.05, 0) is 19.3 Å². The molecule has 0 saturated heterocycles. The molecule has 1 fully saturated rings. The van der Waals surface area contributed by atoms with E-state index in [0.717, 1.165) is 12.6 Å². The molecule has 1 aliphatic rings. The Hall–Kier alpha value is -1.07. The SMILES string of the molecule is CC(CC1CC1)n1cc(C(F)(F)F)nn1. The average molecular weight is 219 g/mol. The van der Waals surface area contributed by atoms with Crippen molar-refractivity contribution in [1.82, 2.24) is 15.0 Å². The minimum absolute atomic E-state index is 0.00102. The van der Waals surface area contributed by atoms with E-state index in [2.05, 4.69) is 10.3 Å². The van der Waals surface area contributed by atoms with E-state index in [0.29, 0.717) is 5.92 Å². The van der Waals surface area contributed by atoms with Gasteiger partial charge in [0.1, 0.15) is 0 Å². The number of hydrogen-bond donors (Lipinski definition) is 0. The lowest BCUT2D eigenvalue weighted by Gasteiger charge is -2.09. The van der Waals surface area contributed by atoms with Gasteiger partial charge in [0.25, 0.3) is 0 Å². The summed E-state index contributed by atoms with van der Waals surface area (Å²) in [5, 5.41) is 6.63. The minimum Gasteiger partial charge on any atom is -0.249 e. The van der Waals surface area contributed by atoms with E-state index in [-0.39, 0.29) is 6.04 Å². The largest absolute Gasteiger partial charge is 0.436 e. The predicted molar refractivity (Wildman–Crippen MR) is 47.1 cm³/mol. The van der Waals surface area contributed by atoms with Crippen LogP contribution in [-0.4, -0.2) is 15.0 Å². The second-order valence-electron chi connectivity index (χ2n) is 4.11. The fourth-order valence-corrected chi connectivity index (χ4v) is 1.57. The molecular formula is C9H12F3N3. The van der Waals surface area contributed by atoms with E-state index >= 15 is 0 Å². The molecule has 0 bridgehead atoms. The van der Waals surface area contributed by atoms with E-state index in [4.69, 9.17) is 0 Å². The number of alkyl halides is 3. The van der Waals surface area contributed by atoms with Gasteiger partial charge >= 0.3 is 6.18 Å². The lowest BCUT2D eigenvalue weighted by molar-refractivity contribution is -0.141. The number of aromatic nitrogens is 3. The van der Waals surface area contributed by atoms with E-state index in [1.807, 2.05) is 6.92 Å². The second kappa shape index (κ2) is 3.50. The van der Waals surface area contributed by atoms with Crippen LogP contribution in [0.2, 0.25) is 0 Å². The van der Waals surface area contributed by atoms with Gasteiger partial charge < -0.3 is 0 Å². The van der Waals surface area contributed by atoms with Crippen molar-refractivity contribution in [2.45, 2.75) is 38.4 Å². The Kier molecular flexibility index (Phi) is 2.44. The summed E-state index contributed by atoms with van der Waals surface area (Å²) in [4.78, 5) is 0. The van der Waals surface area contributed by atoms with Crippen LogP contribution in [0.5, 0.6) is 0 Å². The Morgan fingerprint density at radius 3 is 2.67 bits per heavy atom. The zero-order chi connectivity index (χ0) is 11.1. The first-order valence-corrected chi connectivity index (χ1v) is 4.96. The molecule has 0 amide bonds. The van der Waals surface area contributed by atoms with E-state index in [1.54, 1.807) is 0 Å². The Morgan fingerprint density at radius 2 is 2.20 bits per heavy atom. The summed E-state index contributed by atoms with van der Waals surface area (Å²) in [5.41, 5.74) is -0.912. The smallest absolute Gasteiger partial charge is 0.249 e. The summed E-state index contributed by atoms with van der Waals surface area (Å²) in [6, 6.07) is 0.00102. The Morgan fingerprint density at radius 1 is 1.53 bits per heavy atom. The van der Waals surface area contributed by atoms with Crippen LogP contribution in [0.25, 0.3) is 0 Å². The third kappa shape index (κ3) is 2.49. The van der Waals surface area contributed by atoms with Crippen LogP contribution in [0.15, 0.2) is 6.20 Å². The number of halogens is 3. The molecule has 2 rings (SSSR count). The molecule has 0 N–H and O–H groups in total. The van der Waals surface area contributed by atoms with Crippen molar-refractivity contribution >= 4 is 0 Å². The molecule has 15 heavy (non-hydrogen) atoms. The monoisotopic (exact) mass is 219 g/mol. The maximum absolute atomic E-state index is 12.2. The van der Waals surface area contributed by atoms with Crippen molar-refractivity contribution in [3.63, 3.8) is 0 Å². The lowest BCUT2D eigenvalue weighted by atomic mass is 10.2. The Balaban J connectivity index is 2.05.